The summed E-state index contributed by atoms with van der Waals surface area (Å²) < 4.78 is 0. The highest BCUT2D eigenvalue weighted by Gasteiger charge is 2.43. The van der Waals surface area contributed by atoms with Crippen LogP contribution in [-0.2, 0) is 12.8 Å². The zero-order chi connectivity index (χ0) is 23.1. The summed E-state index contributed by atoms with van der Waals surface area (Å²) in [6.45, 7) is 6.79. The fourth-order valence-electron chi connectivity index (χ4n) is 5.27. The molecule has 3 aromatic carbocycles. The highest BCUT2D eigenvalue weighted by Crippen LogP contribution is 2.27. The third-order valence-corrected chi connectivity index (χ3v) is 12.1. The first-order valence-electron chi connectivity index (χ1n) is 12.8. The standard InChI is InChI=1S/C32H38Si/c1-4-6-11-27-16-21-30(22-17-27)33(29-13-9-8-10-14-29,32-20-15-26(3)25-32)31-23-18-28(19-24-31)12-7-5-2/h8-10,13-19,21-25H,4-7,11-12,20H2,1-3H3. The molecule has 0 radical (unpaired) electrons. The summed E-state index contributed by atoms with van der Waals surface area (Å²) >= 11 is 0. The number of benzene rings is 3. The molecule has 1 heteroatoms. The molecule has 0 saturated carbocycles. The van der Waals surface area contributed by atoms with Gasteiger partial charge in [0.25, 0.3) is 0 Å². The summed E-state index contributed by atoms with van der Waals surface area (Å²) in [5.41, 5.74) is 4.32. The minimum absolute atomic E-state index is 1.06. The molecular weight excluding hydrogens is 412 g/mol. The lowest BCUT2D eigenvalue weighted by atomic mass is 10.1. The van der Waals surface area contributed by atoms with Crippen LogP contribution in [0.25, 0.3) is 0 Å². The van der Waals surface area contributed by atoms with Gasteiger partial charge in [-0.15, -0.1) is 0 Å². The van der Waals surface area contributed by atoms with Crippen molar-refractivity contribution in [3.8, 4) is 0 Å². The van der Waals surface area contributed by atoms with E-state index in [2.05, 4.69) is 112 Å². The third kappa shape index (κ3) is 4.99. The molecule has 0 fully saturated rings. The Morgan fingerprint density at radius 2 is 1.12 bits per heavy atom. The van der Waals surface area contributed by atoms with E-state index >= 15 is 0 Å². The van der Waals surface area contributed by atoms with Crippen molar-refractivity contribution in [1.29, 1.82) is 0 Å². The van der Waals surface area contributed by atoms with Gasteiger partial charge in [0.15, 0.2) is 8.07 Å². The maximum Gasteiger partial charge on any atom is 0.175 e. The van der Waals surface area contributed by atoms with Gasteiger partial charge in [-0.05, 0) is 65.7 Å². The van der Waals surface area contributed by atoms with Crippen LogP contribution in [0.1, 0.15) is 64.0 Å². The van der Waals surface area contributed by atoms with Gasteiger partial charge in [0.1, 0.15) is 0 Å². The van der Waals surface area contributed by atoms with Gasteiger partial charge in [-0.25, -0.2) is 0 Å². The van der Waals surface area contributed by atoms with E-state index in [4.69, 9.17) is 0 Å². The molecule has 3 aromatic rings. The lowest BCUT2D eigenvalue weighted by Crippen LogP contribution is -2.68. The Kier molecular flexibility index (Phi) is 7.83. The maximum atomic E-state index is 2.48. The van der Waals surface area contributed by atoms with Crippen molar-refractivity contribution < 1.29 is 0 Å². The molecule has 1 aliphatic rings. The number of hydrogen-bond donors (Lipinski definition) is 0. The van der Waals surface area contributed by atoms with Gasteiger partial charge in [-0.1, -0.05) is 128 Å². The molecule has 170 valence electrons. The molecule has 4 rings (SSSR count). The molecule has 0 nitrogen and oxygen atoms in total. The predicted molar refractivity (Wildman–Crippen MR) is 148 cm³/mol. The summed E-state index contributed by atoms with van der Waals surface area (Å²) in [5.74, 6) is 0. The predicted octanol–water partition coefficient (Wildman–Crippen LogP) is 6.66. The number of unbranched alkanes of at least 4 members (excludes halogenated alkanes) is 2. The fraction of sp³-hybridized carbons (Fsp3) is 0.312. The Balaban J connectivity index is 1.89. The van der Waals surface area contributed by atoms with Gasteiger partial charge in [0, 0.05) is 0 Å². The van der Waals surface area contributed by atoms with Gasteiger partial charge >= 0.3 is 0 Å². The van der Waals surface area contributed by atoms with E-state index in [1.165, 1.54) is 70.8 Å². The highest BCUT2D eigenvalue weighted by atomic mass is 28.3. The summed E-state index contributed by atoms with van der Waals surface area (Å²) in [6.07, 6.45) is 13.3. The highest BCUT2D eigenvalue weighted by molar-refractivity contribution is 7.16. The first kappa shape index (κ1) is 23.5. The smallest absolute Gasteiger partial charge is 0.0779 e. The largest absolute Gasteiger partial charge is 0.175 e. The van der Waals surface area contributed by atoms with E-state index in [1.54, 1.807) is 5.20 Å². The molecule has 0 atom stereocenters. The molecule has 1 aliphatic carbocycles. The fourth-order valence-corrected chi connectivity index (χ4v) is 10.3. The van der Waals surface area contributed by atoms with Gasteiger partial charge in [0.2, 0.25) is 0 Å². The average molecular weight is 451 g/mol. The van der Waals surface area contributed by atoms with Crippen LogP contribution in [0.15, 0.2) is 102 Å². The van der Waals surface area contributed by atoms with Crippen molar-refractivity contribution in [2.45, 2.75) is 65.7 Å². The lowest BCUT2D eigenvalue weighted by molar-refractivity contribution is 0.795. The van der Waals surface area contributed by atoms with Crippen LogP contribution in [0.2, 0.25) is 0 Å². The summed E-state index contributed by atoms with van der Waals surface area (Å²) in [6, 6.07) is 30.7. The zero-order valence-electron chi connectivity index (χ0n) is 20.6. The SMILES string of the molecule is CCCCc1ccc([Si](C2=CC(C)=CC2)(c2ccccc2)c2ccc(CCCC)cc2)cc1. The van der Waals surface area contributed by atoms with E-state index in [-0.39, 0.29) is 0 Å². The van der Waals surface area contributed by atoms with Crippen LogP contribution in [0.4, 0.5) is 0 Å². The molecule has 0 spiro atoms. The number of rotatable bonds is 10. The Bertz CT molecular complexity index is 1030. The van der Waals surface area contributed by atoms with Crippen LogP contribution in [0.3, 0.4) is 0 Å². The Labute approximate surface area is 202 Å². The molecule has 0 saturated heterocycles. The van der Waals surface area contributed by atoms with Gasteiger partial charge < -0.3 is 0 Å². The lowest BCUT2D eigenvalue weighted by Gasteiger charge is -2.35. The molecule has 33 heavy (non-hydrogen) atoms. The van der Waals surface area contributed by atoms with Crippen LogP contribution in [0, 0.1) is 0 Å². The monoisotopic (exact) mass is 450 g/mol. The second-order valence-electron chi connectivity index (χ2n) is 9.54. The molecule has 0 aliphatic heterocycles. The Hall–Kier alpha value is -2.64. The number of aryl methyl sites for hydroxylation is 2. The minimum atomic E-state index is -2.33. The molecular formula is C32H38Si. The van der Waals surface area contributed by atoms with Crippen LogP contribution in [0.5, 0.6) is 0 Å². The van der Waals surface area contributed by atoms with Crippen LogP contribution >= 0.6 is 0 Å². The van der Waals surface area contributed by atoms with Gasteiger partial charge in [0.05, 0.1) is 0 Å². The van der Waals surface area contributed by atoms with E-state index in [0.29, 0.717) is 0 Å². The molecule has 0 amide bonds. The average Bonchev–Trinajstić information content (AvgIpc) is 3.30. The van der Waals surface area contributed by atoms with Crippen molar-refractivity contribution in [2.75, 3.05) is 0 Å². The Morgan fingerprint density at radius 3 is 1.55 bits per heavy atom. The third-order valence-electron chi connectivity index (χ3n) is 7.15. The summed E-state index contributed by atoms with van der Waals surface area (Å²) in [7, 11) is -2.33. The van der Waals surface area contributed by atoms with Crippen LogP contribution in [-0.4, -0.2) is 8.07 Å². The van der Waals surface area contributed by atoms with Crippen molar-refractivity contribution in [3.63, 3.8) is 0 Å². The first-order chi connectivity index (χ1) is 16.2. The van der Waals surface area contributed by atoms with E-state index in [1.807, 2.05) is 0 Å². The van der Waals surface area contributed by atoms with Crippen LogP contribution < -0.4 is 15.6 Å². The molecule has 0 bridgehead atoms. The molecule has 0 aromatic heterocycles. The Morgan fingerprint density at radius 1 is 0.636 bits per heavy atom. The molecule has 0 unspecified atom stereocenters. The second kappa shape index (κ2) is 11.0. The topological polar surface area (TPSA) is 0 Å². The zero-order valence-corrected chi connectivity index (χ0v) is 21.6. The molecule has 0 N–H and O–H groups in total. The number of allylic oxidation sites excluding steroid dienone is 4. The number of hydrogen-bond acceptors (Lipinski definition) is 0. The van der Waals surface area contributed by atoms with E-state index in [0.717, 1.165) is 6.42 Å². The summed E-state index contributed by atoms with van der Waals surface area (Å²) in [4.78, 5) is 0. The maximum absolute atomic E-state index is 2.48. The van der Waals surface area contributed by atoms with Crippen molar-refractivity contribution in [3.05, 3.63) is 113 Å². The van der Waals surface area contributed by atoms with Crippen molar-refractivity contribution >= 4 is 23.6 Å². The van der Waals surface area contributed by atoms with Gasteiger partial charge in [-0.3, -0.25) is 0 Å². The molecule has 0 heterocycles. The quantitative estimate of drug-likeness (QED) is 0.239. The van der Waals surface area contributed by atoms with Crippen molar-refractivity contribution in [2.24, 2.45) is 0 Å². The summed E-state index contributed by atoms with van der Waals surface area (Å²) in [5, 5.41) is 6.10. The normalized spacial score (nSPS) is 13.7. The first-order valence-corrected chi connectivity index (χ1v) is 14.8. The van der Waals surface area contributed by atoms with E-state index in [9.17, 15) is 0 Å². The van der Waals surface area contributed by atoms with Crippen molar-refractivity contribution in [1.82, 2.24) is 0 Å². The van der Waals surface area contributed by atoms with E-state index < -0.39 is 8.07 Å². The van der Waals surface area contributed by atoms with Gasteiger partial charge in [-0.2, -0.15) is 0 Å². The second-order valence-corrected chi connectivity index (χ2v) is 13.4. The minimum Gasteiger partial charge on any atom is -0.0779 e.